The van der Waals surface area contributed by atoms with Crippen molar-refractivity contribution in [3.8, 4) is 0 Å². The average Bonchev–Trinajstić information content (AvgIpc) is 2.38. The van der Waals surface area contributed by atoms with Crippen molar-refractivity contribution in [2.45, 2.75) is 17.4 Å². The highest BCUT2D eigenvalue weighted by Crippen LogP contribution is 2.20. The number of carbonyl (C=O) groups is 1. The first-order valence-corrected chi connectivity index (χ1v) is 7.55. The molecule has 1 aromatic carbocycles. The Morgan fingerprint density at radius 3 is 2.62 bits per heavy atom. The van der Waals surface area contributed by atoms with Crippen molar-refractivity contribution >= 4 is 21.7 Å². The molecular weight excluding hydrogens is 300 g/mol. The van der Waals surface area contributed by atoms with Gasteiger partial charge in [0.1, 0.15) is 4.90 Å². The molecule has 9 heteroatoms. The van der Waals surface area contributed by atoms with E-state index in [2.05, 4.69) is 4.72 Å². The van der Waals surface area contributed by atoms with Gasteiger partial charge in [-0.2, -0.15) is 0 Å². The number of ether oxygens (including phenoxy) is 1. The van der Waals surface area contributed by atoms with Gasteiger partial charge in [-0.3, -0.25) is 0 Å². The van der Waals surface area contributed by atoms with Gasteiger partial charge in [0.25, 0.3) is 0 Å². The standard InChI is InChI=1S/C12H18N2O6S/c1-20-7-9(4-5-15)14-21(18,19)11-3-2-8(12(16)17)6-10(11)13/h2-3,6,9,14-15H,4-5,7,13H2,1H3,(H,16,17). The van der Waals surface area contributed by atoms with Gasteiger partial charge in [0.15, 0.2) is 0 Å². The maximum Gasteiger partial charge on any atom is 0.335 e. The van der Waals surface area contributed by atoms with E-state index in [1.54, 1.807) is 0 Å². The minimum absolute atomic E-state index is 0.0902. The number of rotatable bonds is 8. The number of carboxylic acid groups (broad SMARTS) is 1. The zero-order chi connectivity index (χ0) is 16.0. The number of sulfonamides is 1. The topological polar surface area (TPSA) is 139 Å². The van der Waals surface area contributed by atoms with Crippen molar-refractivity contribution in [2.24, 2.45) is 0 Å². The minimum Gasteiger partial charge on any atom is -0.478 e. The van der Waals surface area contributed by atoms with Crippen LogP contribution in [0.5, 0.6) is 0 Å². The molecule has 118 valence electrons. The summed E-state index contributed by atoms with van der Waals surface area (Å²) >= 11 is 0. The summed E-state index contributed by atoms with van der Waals surface area (Å²) in [6.45, 7) is -0.114. The number of benzene rings is 1. The smallest absolute Gasteiger partial charge is 0.335 e. The molecule has 0 amide bonds. The van der Waals surface area contributed by atoms with Crippen LogP contribution >= 0.6 is 0 Å². The second-order valence-corrected chi connectivity index (χ2v) is 6.03. The maximum atomic E-state index is 12.2. The summed E-state index contributed by atoms with van der Waals surface area (Å²) in [4.78, 5) is 10.6. The fourth-order valence-electron chi connectivity index (χ4n) is 1.74. The molecule has 5 N–H and O–H groups in total. The van der Waals surface area contributed by atoms with Crippen LogP contribution in [0.15, 0.2) is 23.1 Å². The number of hydrogen-bond acceptors (Lipinski definition) is 6. The molecule has 1 unspecified atom stereocenters. The van der Waals surface area contributed by atoms with E-state index in [0.29, 0.717) is 0 Å². The summed E-state index contributed by atoms with van der Waals surface area (Å²) in [7, 11) is -2.52. The van der Waals surface area contributed by atoms with Crippen LogP contribution in [0.2, 0.25) is 0 Å². The Hall–Kier alpha value is -1.68. The Labute approximate surface area is 122 Å². The van der Waals surface area contributed by atoms with Gasteiger partial charge in [0.05, 0.1) is 17.9 Å². The molecule has 0 aliphatic carbocycles. The molecule has 0 aliphatic rings. The average molecular weight is 318 g/mol. The highest BCUT2D eigenvalue weighted by Gasteiger charge is 2.22. The molecule has 1 aromatic rings. The van der Waals surface area contributed by atoms with E-state index in [4.69, 9.17) is 20.7 Å². The second-order valence-electron chi connectivity index (χ2n) is 4.34. The number of carboxylic acids is 1. The van der Waals surface area contributed by atoms with Crippen molar-refractivity contribution in [1.29, 1.82) is 0 Å². The van der Waals surface area contributed by atoms with Crippen molar-refractivity contribution in [3.63, 3.8) is 0 Å². The Morgan fingerprint density at radius 1 is 1.48 bits per heavy atom. The van der Waals surface area contributed by atoms with E-state index in [9.17, 15) is 13.2 Å². The number of methoxy groups -OCH3 is 1. The van der Waals surface area contributed by atoms with Crippen LogP contribution in [0.25, 0.3) is 0 Å². The normalized spacial score (nSPS) is 13.0. The summed E-state index contributed by atoms with van der Waals surface area (Å²) < 4.78 is 31.7. The Bertz CT molecular complexity index is 596. The first-order chi connectivity index (χ1) is 9.81. The molecule has 0 radical (unpaired) electrons. The predicted molar refractivity (Wildman–Crippen MR) is 75.5 cm³/mol. The van der Waals surface area contributed by atoms with Crippen molar-refractivity contribution < 1.29 is 28.2 Å². The van der Waals surface area contributed by atoms with Gasteiger partial charge in [-0.15, -0.1) is 0 Å². The van der Waals surface area contributed by atoms with Crippen LogP contribution in [0, 0.1) is 0 Å². The van der Waals surface area contributed by atoms with Gasteiger partial charge >= 0.3 is 5.97 Å². The van der Waals surface area contributed by atoms with E-state index in [1.165, 1.54) is 7.11 Å². The molecule has 0 saturated carbocycles. The lowest BCUT2D eigenvalue weighted by Gasteiger charge is -2.17. The molecule has 0 fully saturated rings. The molecule has 0 spiro atoms. The Morgan fingerprint density at radius 2 is 2.14 bits per heavy atom. The molecule has 0 aromatic heterocycles. The number of nitrogens with two attached hydrogens (primary N) is 1. The van der Waals surface area contributed by atoms with Gasteiger partial charge in [0, 0.05) is 19.8 Å². The Kier molecular flexibility index (Phi) is 6.09. The van der Waals surface area contributed by atoms with Crippen LogP contribution in [-0.2, 0) is 14.8 Å². The lowest BCUT2D eigenvalue weighted by molar-refractivity contribution is 0.0697. The van der Waals surface area contributed by atoms with E-state index >= 15 is 0 Å². The van der Waals surface area contributed by atoms with E-state index in [1.807, 2.05) is 0 Å². The van der Waals surface area contributed by atoms with E-state index in [-0.39, 0.29) is 35.8 Å². The minimum atomic E-state index is -3.94. The third-order valence-electron chi connectivity index (χ3n) is 2.71. The van der Waals surface area contributed by atoms with Crippen molar-refractivity contribution in [1.82, 2.24) is 4.72 Å². The third kappa shape index (κ3) is 4.67. The summed E-state index contributed by atoms with van der Waals surface area (Å²) in [5, 5.41) is 17.7. The largest absolute Gasteiger partial charge is 0.478 e. The number of nitrogen functional groups attached to an aromatic ring is 1. The van der Waals surface area contributed by atoms with Crippen LogP contribution in [0.1, 0.15) is 16.8 Å². The molecule has 1 atom stereocenters. The number of aliphatic hydroxyl groups is 1. The molecule has 0 saturated heterocycles. The van der Waals surface area contributed by atoms with E-state index < -0.39 is 22.0 Å². The SMILES string of the molecule is COCC(CCO)NS(=O)(=O)c1ccc(C(=O)O)cc1N. The van der Waals surface area contributed by atoms with Crippen LogP contribution in [-0.4, -0.2) is 51.0 Å². The van der Waals surface area contributed by atoms with Gasteiger partial charge in [-0.25, -0.2) is 17.9 Å². The summed E-state index contributed by atoms with van der Waals surface area (Å²) in [5.74, 6) is -1.20. The molecule has 8 nitrogen and oxygen atoms in total. The summed E-state index contributed by atoms with van der Waals surface area (Å²) in [6.07, 6.45) is 0.181. The van der Waals surface area contributed by atoms with Crippen molar-refractivity contribution in [3.05, 3.63) is 23.8 Å². The highest BCUT2D eigenvalue weighted by molar-refractivity contribution is 7.89. The predicted octanol–water partition coefficient (Wildman–Crippen LogP) is -0.357. The quantitative estimate of drug-likeness (QED) is 0.480. The van der Waals surface area contributed by atoms with Gasteiger partial charge in [-0.05, 0) is 24.6 Å². The molecule has 1 rings (SSSR count). The Balaban J connectivity index is 3.04. The van der Waals surface area contributed by atoms with Gasteiger partial charge < -0.3 is 20.7 Å². The number of hydrogen-bond donors (Lipinski definition) is 4. The number of nitrogens with one attached hydrogen (secondary N) is 1. The maximum absolute atomic E-state index is 12.2. The number of aliphatic hydroxyl groups excluding tert-OH is 1. The first-order valence-electron chi connectivity index (χ1n) is 6.06. The lowest BCUT2D eigenvalue weighted by atomic mass is 10.2. The number of aromatic carboxylic acids is 1. The fourth-order valence-corrected chi connectivity index (χ4v) is 3.11. The number of anilines is 1. The highest BCUT2D eigenvalue weighted by atomic mass is 32.2. The summed E-state index contributed by atoms with van der Waals surface area (Å²) in [5.41, 5.74) is 5.34. The van der Waals surface area contributed by atoms with Crippen LogP contribution in [0.4, 0.5) is 5.69 Å². The van der Waals surface area contributed by atoms with E-state index in [0.717, 1.165) is 18.2 Å². The van der Waals surface area contributed by atoms with Gasteiger partial charge in [0.2, 0.25) is 10.0 Å². The van der Waals surface area contributed by atoms with Crippen LogP contribution < -0.4 is 10.5 Å². The van der Waals surface area contributed by atoms with Gasteiger partial charge in [-0.1, -0.05) is 0 Å². The fraction of sp³-hybridized carbons (Fsp3) is 0.417. The molecular formula is C12H18N2O6S. The monoisotopic (exact) mass is 318 g/mol. The molecule has 0 bridgehead atoms. The first kappa shape index (κ1) is 17.4. The molecule has 0 aliphatic heterocycles. The molecule has 0 heterocycles. The summed E-state index contributed by atoms with van der Waals surface area (Å²) in [6, 6.07) is 2.76. The van der Waals surface area contributed by atoms with Crippen LogP contribution in [0.3, 0.4) is 0 Å². The molecule has 21 heavy (non-hydrogen) atoms. The third-order valence-corrected chi connectivity index (χ3v) is 4.31. The zero-order valence-corrected chi connectivity index (χ0v) is 12.3. The zero-order valence-electron chi connectivity index (χ0n) is 11.4. The second kappa shape index (κ2) is 7.36. The van der Waals surface area contributed by atoms with Crippen molar-refractivity contribution in [2.75, 3.05) is 26.1 Å². The lowest BCUT2D eigenvalue weighted by Crippen LogP contribution is -2.38.